The second-order valence-electron chi connectivity index (χ2n) is 2.27. The van der Waals surface area contributed by atoms with Crippen LogP contribution in [0.4, 0.5) is 0 Å². The smallest absolute Gasteiger partial charge is 0.313 e. The molecule has 0 radical (unpaired) electrons. The Labute approximate surface area is 73.8 Å². The van der Waals surface area contributed by atoms with Crippen LogP contribution in [-0.4, -0.2) is 31.8 Å². The van der Waals surface area contributed by atoms with E-state index < -0.39 is 5.97 Å². The second-order valence-corrected chi connectivity index (χ2v) is 3.26. The standard InChI is InChI=1S/C6H9N3O2S/c1-9-2-5(7-8-9)3-12-4-6(10)11/h2H,3-4H2,1H3,(H,10,11). The molecule has 0 aromatic carbocycles. The summed E-state index contributed by atoms with van der Waals surface area (Å²) in [5.41, 5.74) is 0.809. The number of aromatic nitrogens is 3. The lowest BCUT2D eigenvalue weighted by Crippen LogP contribution is -1.98. The van der Waals surface area contributed by atoms with Crippen LogP contribution in [0.1, 0.15) is 5.69 Å². The topological polar surface area (TPSA) is 68.0 Å². The first-order valence-electron chi connectivity index (χ1n) is 3.33. The number of carboxylic acids is 1. The molecule has 0 atom stereocenters. The van der Waals surface area contributed by atoms with Crippen LogP contribution in [0, 0.1) is 0 Å². The number of aryl methyl sites for hydroxylation is 1. The predicted molar refractivity (Wildman–Crippen MR) is 44.8 cm³/mol. The maximum Gasteiger partial charge on any atom is 0.313 e. The van der Waals surface area contributed by atoms with Gasteiger partial charge in [0, 0.05) is 19.0 Å². The molecule has 0 aliphatic heterocycles. The molecule has 66 valence electrons. The van der Waals surface area contributed by atoms with Gasteiger partial charge in [-0.15, -0.1) is 16.9 Å². The minimum absolute atomic E-state index is 0.108. The van der Waals surface area contributed by atoms with Crippen molar-refractivity contribution in [1.29, 1.82) is 0 Å². The molecule has 0 bridgehead atoms. The summed E-state index contributed by atoms with van der Waals surface area (Å²) in [6, 6.07) is 0. The Kier molecular flexibility index (Phi) is 3.09. The molecule has 0 unspecified atom stereocenters. The van der Waals surface area contributed by atoms with E-state index in [2.05, 4.69) is 10.3 Å². The molecule has 1 rings (SSSR count). The summed E-state index contributed by atoms with van der Waals surface area (Å²) < 4.78 is 1.59. The van der Waals surface area contributed by atoms with Gasteiger partial charge in [0.05, 0.1) is 11.4 Å². The first kappa shape index (κ1) is 9.05. The highest BCUT2D eigenvalue weighted by Gasteiger charge is 2.00. The predicted octanol–water partition coefficient (Wildman–Crippen LogP) is 0.133. The van der Waals surface area contributed by atoms with Gasteiger partial charge < -0.3 is 5.11 Å². The number of rotatable bonds is 4. The Morgan fingerprint density at radius 1 is 1.83 bits per heavy atom. The van der Waals surface area contributed by atoms with Gasteiger partial charge in [-0.25, -0.2) is 0 Å². The fourth-order valence-electron chi connectivity index (χ4n) is 0.704. The summed E-state index contributed by atoms with van der Waals surface area (Å²) in [6.07, 6.45) is 1.77. The van der Waals surface area contributed by atoms with Crippen LogP contribution in [0.5, 0.6) is 0 Å². The van der Waals surface area contributed by atoms with E-state index in [0.717, 1.165) is 5.69 Å². The molecule has 0 aliphatic carbocycles. The van der Waals surface area contributed by atoms with Crippen LogP contribution in [0.2, 0.25) is 0 Å². The molecule has 0 spiro atoms. The number of hydrogen-bond acceptors (Lipinski definition) is 4. The summed E-state index contributed by atoms with van der Waals surface area (Å²) in [5.74, 6) is -0.0969. The molecule has 5 nitrogen and oxygen atoms in total. The first-order chi connectivity index (χ1) is 5.68. The van der Waals surface area contributed by atoms with Crippen LogP contribution in [-0.2, 0) is 17.6 Å². The Morgan fingerprint density at radius 2 is 2.58 bits per heavy atom. The highest BCUT2D eigenvalue weighted by Crippen LogP contribution is 2.07. The van der Waals surface area contributed by atoms with Crippen molar-refractivity contribution >= 4 is 17.7 Å². The molecular formula is C6H9N3O2S. The number of carbonyl (C=O) groups is 1. The van der Waals surface area contributed by atoms with Crippen molar-refractivity contribution in [3.8, 4) is 0 Å². The van der Waals surface area contributed by atoms with Gasteiger partial charge in [-0.05, 0) is 0 Å². The summed E-state index contributed by atoms with van der Waals surface area (Å²) >= 11 is 1.31. The molecule has 0 amide bonds. The highest BCUT2D eigenvalue weighted by atomic mass is 32.2. The number of carboxylic acid groups (broad SMARTS) is 1. The molecule has 0 saturated heterocycles. The first-order valence-corrected chi connectivity index (χ1v) is 4.48. The maximum atomic E-state index is 10.1. The average Bonchev–Trinajstić information content (AvgIpc) is 2.35. The maximum absolute atomic E-state index is 10.1. The van der Waals surface area contributed by atoms with Crippen molar-refractivity contribution in [3.63, 3.8) is 0 Å². The van der Waals surface area contributed by atoms with Gasteiger partial charge in [0.25, 0.3) is 0 Å². The van der Waals surface area contributed by atoms with E-state index in [1.165, 1.54) is 11.8 Å². The van der Waals surface area contributed by atoms with Crippen LogP contribution in [0.3, 0.4) is 0 Å². The SMILES string of the molecule is Cn1cc(CSCC(=O)O)nn1. The lowest BCUT2D eigenvalue weighted by atomic mass is 10.6. The second kappa shape index (κ2) is 4.10. The van der Waals surface area contributed by atoms with Gasteiger partial charge in [-0.1, -0.05) is 5.21 Å². The quantitative estimate of drug-likeness (QED) is 0.725. The van der Waals surface area contributed by atoms with Crippen LogP contribution < -0.4 is 0 Å². The van der Waals surface area contributed by atoms with Gasteiger partial charge in [0.1, 0.15) is 0 Å². The Morgan fingerprint density at radius 3 is 3.08 bits per heavy atom. The Hall–Kier alpha value is -1.04. The fourth-order valence-corrected chi connectivity index (χ4v) is 1.32. The minimum atomic E-state index is -0.802. The van der Waals surface area contributed by atoms with Gasteiger partial charge in [-0.2, -0.15) is 0 Å². The highest BCUT2D eigenvalue weighted by molar-refractivity contribution is 7.99. The zero-order valence-corrected chi connectivity index (χ0v) is 7.41. The molecule has 12 heavy (non-hydrogen) atoms. The van der Waals surface area contributed by atoms with Gasteiger partial charge in [-0.3, -0.25) is 9.48 Å². The van der Waals surface area contributed by atoms with E-state index in [9.17, 15) is 4.79 Å². The van der Waals surface area contributed by atoms with E-state index in [1.54, 1.807) is 17.9 Å². The average molecular weight is 187 g/mol. The van der Waals surface area contributed by atoms with Crippen molar-refractivity contribution in [2.45, 2.75) is 5.75 Å². The number of aliphatic carboxylic acids is 1. The van der Waals surface area contributed by atoms with Crippen molar-refractivity contribution < 1.29 is 9.90 Å². The van der Waals surface area contributed by atoms with E-state index in [0.29, 0.717) is 5.75 Å². The van der Waals surface area contributed by atoms with E-state index in [1.807, 2.05) is 0 Å². The van der Waals surface area contributed by atoms with E-state index in [4.69, 9.17) is 5.11 Å². The zero-order valence-electron chi connectivity index (χ0n) is 6.60. The molecule has 0 fully saturated rings. The Balaban J connectivity index is 2.29. The van der Waals surface area contributed by atoms with Crippen LogP contribution in [0.25, 0.3) is 0 Å². The third-order valence-corrected chi connectivity index (χ3v) is 2.08. The van der Waals surface area contributed by atoms with Gasteiger partial charge in [0.15, 0.2) is 0 Å². The summed E-state index contributed by atoms with van der Waals surface area (Å²) in [5, 5.41) is 15.9. The van der Waals surface area contributed by atoms with Crippen molar-refractivity contribution in [2.75, 3.05) is 5.75 Å². The molecular weight excluding hydrogens is 178 g/mol. The number of hydrogen-bond donors (Lipinski definition) is 1. The Bertz CT molecular complexity index is 274. The fraction of sp³-hybridized carbons (Fsp3) is 0.500. The molecule has 0 aliphatic rings. The lowest BCUT2D eigenvalue weighted by molar-refractivity contribution is -0.133. The number of nitrogens with zero attached hydrogens (tertiary/aromatic N) is 3. The summed E-state index contributed by atoms with van der Waals surface area (Å²) in [7, 11) is 1.78. The van der Waals surface area contributed by atoms with Crippen LogP contribution in [0.15, 0.2) is 6.20 Å². The summed E-state index contributed by atoms with van der Waals surface area (Å²) in [6.45, 7) is 0. The minimum Gasteiger partial charge on any atom is -0.481 e. The third kappa shape index (κ3) is 2.91. The van der Waals surface area contributed by atoms with Crippen molar-refractivity contribution in [3.05, 3.63) is 11.9 Å². The molecule has 1 aromatic rings. The third-order valence-electron chi connectivity index (χ3n) is 1.13. The lowest BCUT2D eigenvalue weighted by Gasteiger charge is -1.91. The normalized spacial score (nSPS) is 10.1. The monoisotopic (exact) mass is 187 g/mol. The van der Waals surface area contributed by atoms with E-state index >= 15 is 0 Å². The van der Waals surface area contributed by atoms with Gasteiger partial charge >= 0.3 is 5.97 Å². The summed E-state index contributed by atoms with van der Waals surface area (Å²) in [4.78, 5) is 10.1. The zero-order chi connectivity index (χ0) is 8.97. The van der Waals surface area contributed by atoms with Crippen molar-refractivity contribution in [2.24, 2.45) is 7.05 Å². The van der Waals surface area contributed by atoms with Crippen molar-refractivity contribution in [1.82, 2.24) is 15.0 Å². The largest absolute Gasteiger partial charge is 0.481 e. The molecule has 0 saturated carbocycles. The van der Waals surface area contributed by atoms with Crippen LogP contribution >= 0.6 is 11.8 Å². The van der Waals surface area contributed by atoms with E-state index in [-0.39, 0.29) is 5.75 Å². The molecule has 1 N–H and O–H groups in total. The number of thioether (sulfide) groups is 1. The molecule has 1 heterocycles. The van der Waals surface area contributed by atoms with Gasteiger partial charge in [0.2, 0.25) is 0 Å². The molecule has 6 heteroatoms. The molecule has 1 aromatic heterocycles.